The fraction of sp³-hybridized carbons (Fsp3) is 0.389. The van der Waals surface area contributed by atoms with Crippen LogP contribution in [0.4, 0.5) is 0 Å². The molecule has 21 heavy (non-hydrogen) atoms. The zero-order valence-corrected chi connectivity index (χ0v) is 13.9. The van der Waals surface area contributed by atoms with Gasteiger partial charge in [-0.15, -0.1) is 0 Å². The molecule has 2 nitrogen and oxygen atoms in total. The lowest BCUT2D eigenvalue weighted by Gasteiger charge is -2.16. The summed E-state index contributed by atoms with van der Waals surface area (Å²) in [6.45, 7) is 7.55. The van der Waals surface area contributed by atoms with Gasteiger partial charge in [0.1, 0.15) is 0 Å². The van der Waals surface area contributed by atoms with Gasteiger partial charge >= 0.3 is 0 Å². The molecule has 0 spiro atoms. The van der Waals surface area contributed by atoms with Crippen molar-refractivity contribution in [3.63, 3.8) is 0 Å². The Bertz CT molecular complexity index is 551. The highest BCUT2D eigenvalue weighted by molar-refractivity contribution is 7.99. The van der Waals surface area contributed by atoms with Gasteiger partial charge in [-0.3, -0.25) is 4.98 Å². The number of aryl methyl sites for hydroxylation is 1. The molecule has 0 bridgehead atoms. The van der Waals surface area contributed by atoms with Gasteiger partial charge in [-0.2, -0.15) is 0 Å². The number of hydrogen-bond acceptors (Lipinski definition) is 3. The van der Waals surface area contributed by atoms with E-state index in [0.717, 1.165) is 25.1 Å². The average molecular weight is 300 g/mol. The largest absolute Gasteiger partial charge is 0.309 e. The molecule has 1 atom stereocenters. The average Bonchev–Trinajstić information content (AvgIpc) is 2.49. The molecule has 1 N–H and O–H groups in total. The molecule has 1 aromatic carbocycles. The number of aromatic nitrogens is 1. The Hall–Kier alpha value is -1.32. The second kappa shape index (κ2) is 8.20. The summed E-state index contributed by atoms with van der Waals surface area (Å²) in [4.78, 5) is 7.09. The molecule has 0 saturated heterocycles. The SMILES string of the molecule is CCCNC(CC)c1ccc(Sc2cccc(C)c2)cn1. The van der Waals surface area contributed by atoms with Gasteiger partial charge in [0.2, 0.25) is 0 Å². The number of rotatable bonds is 7. The van der Waals surface area contributed by atoms with Crippen LogP contribution in [0.1, 0.15) is 44.0 Å². The van der Waals surface area contributed by atoms with Crippen LogP contribution >= 0.6 is 11.8 Å². The van der Waals surface area contributed by atoms with E-state index < -0.39 is 0 Å². The molecule has 1 aromatic heterocycles. The van der Waals surface area contributed by atoms with E-state index in [-0.39, 0.29) is 0 Å². The number of benzene rings is 1. The van der Waals surface area contributed by atoms with Crippen molar-refractivity contribution in [1.82, 2.24) is 10.3 Å². The maximum Gasteiger partial charge on any atom is 0.0573 e. The van der Waals surface area contributed by atoms with Gasteiger partial charge in [-0.1, -0.05) is 43.3 Å². The van der Waals surface area contributed by atoms with Crippen LogP contribution in [0.25, 0.3) is 0 Å². The van der Waals surface area contributed by atoms with E-state index >= 15 is 0 Å². The number of pyridine rings is 1. The summed E-state index contributed by atoms with van der Waals surface area (Å²) in [5.74, 6) is 0. The highest BCUT2D eigenvalue weighted by Gasteiger charge is 2.09. The van der Waals surface area contributed by atoms with E-state index in [2.05, 4.69) is 67.5 Å². The van der Waals surface area contributed by atoms with E-state index in [1.165, 1.54) is 15.4 Å². The lowest BCUT2D eigenvalue weighted by Crippen LogP contribution is -2.22. The first-order valence-electron chi connectivity index (χ1n) is 7.66. The molecule has 1 heterocycles. The van der Waals surface area contributed by atoms with Crippen molar-refractivity contribution in [2.24, 2.45) is 0 Å². The molecule has 2 rings (SSSR count). The van der Waals surface area contributed by atoms with Crippen LogP contribution in [0.2, 0.25) is 0 Å². The summed E-state index contributed by atoms with van der Waals surface area (Å²) >= 11 is 1.76. The van der Waals surface area contributed by atoms with Gasteiger partial charge in [0.15, 0.2) is 0 Å². The summed E-state index contributed by atoms with van der Waals surface area (Å²) in [6, 6.07) is 13.3. The molecule has 3 heteroatoms. The topological polar surface area (TPSA) is 24.9 Å². The molecule has 0 saturated carbocycles. The van der Waals surface area contributed by atoms with Crippen LogP contribution in [-0.2, 0) is 0 Å². The monoisotopic (exact) mass is 300 g/mol. The van der Waals surface area contributed by atoms with Crippen LogP contribution in [0.3, 0.4) is 0 Å². The summed E-state index contributed by atoms with van der Waals surface area (Å²) < 4.78 is 0. The fourth-order valence-corrected chi connectivity index (χ4v) is 3.15. The Morgan fingerprint density at radius 1 is 1.14 bits per heavy atom. The Labute approximate surface area is 132 Å². The Morgan fingerprint density at radius 2 is 2.00 bits per heavy atom. The minimum atomic E-state index is 0.364. The van der Waals surface area contributed by atoms with E-state index in [1.807, 2.05) is 6.20 Å². The van der Waals surface area contributed by atoms with Gasteiger partial charge in [0, 0.05) is 22.0 Å². The van der Waals surface area contributed by atoms with Crippen molar-refractivity contribution in [2.75, 3.05) is 6.54 Å². The Morgan fingerprint density at radius 3 is 2.62 bits per heavy atom. The van der Waals surface area contributed by atoms with Crippen molar-refractivity contribution < 1.29 is 0 Å². The highest BCUT2D eigenvalue weighted by atomic mass is 32.2. The van der Waals surface area contributed by atoms with Crippen LogP contribution in [-0.4, -0.2) is 11.5 Å². The zero-order valence-electron chi connectivity index (χ0n) is 13.1. The summed E-state index contributed by atoms with van der Waals surface area (Å²) in [5.41, 5.74) is 2.43. The molecule has 0 radical (unpaired) electrons. The number of nitrogens with one attached hydrogen (secondary N) is 1. The van der Waals surface area contributed by atoms with Gasteiger partial charge in [-0.25, -0.2) is 0 Å². The predicted octanol–water partition coefficient (Wildman–Crippen LogP) is 4.99. The van der Waals surface area contributed by atoms with Crippen LogP contribution in [0.15, 0.2) is 52.4 Å². The van der Waals surface area contributed by atoms with Crippen LogP contribution < -0.4 is 5.32 Å². The van der Waals surface area contributed by atoms with Crippen molar-refractivity contribution in [2.45, 2.75) is 49.4 Å². The highest BCUT2D eigenvalue weighted by Crippen LogP contribution is 2.28. The molecule has 1 unspecified atom stereocenters. The fourth-order valence-electron chi connectivity index (χ4n) is 2.25. The third-order valence-electron chi connectivity index (χ3n) is 3.39. The first kappa shape index (κ1) is 16.1. The molecular weight excluding hydrogens is 276 g/mol. The van der Waals surface area contributed by atoms with Gasteiger partial charge in [0.25, 0.3) is 0 Å². The normalized spacial score (nSPS) is 12.3. The smallest absolute Gasteiger partial charge is 0.0573 e. The van der Waals surface area contributed by atoms with Crippen molar-refractivity contribution in [3.8, 4) is 0 Å². The molecule has 2 aromatic rings. The molecule has 112 valence electrons. The van der Waals surface area contributed by atoms with Crippen LogP contribution in [0.5, 0.6) is 0 Å². The zero-order chi connectivity index (χ0) is 15.1. The number of nitrogens with zero attached hydrogens (tertiary/aromatic N) is 1. The second-order valence-electron chi connectivity index (χ2n) is 5.25. The van der Waals surface area contributed by atoms with Gasteiger partial charge < -0.3 is 5.32 Å². The van der Waals surface area contributed by atoms with Gasteiger partial charge in [-0.05, 0) is 50.6 Å². The molecule has 0 aliphatic carbocycles. The molecule has 0 amide bonds. The minimum absolute atomic E-state index is 0.364. The summed E-state index contributed by atoms with van der Waals surface area (Å²) in [5, 5.41) is 3.54. The summed E-state index contributed by atoms with van der Waals surface area (Å²) in [7, 11) is 0. The third-order valence-corrected chi connectivity index (χ3v) is 4.36. The van der Waals surface area contributed by atoms with E-state index in [9.17, 15) is 0 Å². The third kappa shape index (κ3) is 4.87. The Kier molecular flexibility index (Phi) is 6.27. The molecule has 0 fully saturated rings. The van der Waals surface area contributed by atoms with E-state index in [1.54, 1.807) is 11.8 Å². The number of hydrogen-bond donors (Lipinski definition) is 1. The predicted molar refractivity (Wildman–Crippen MR) is 90.9 cm³/mol. The maximum absolute atomic E-state index is 4.64. The quantitative estimate of drug-likeness (QED) is 0.779. The van der Waals surface area contributed by atoms with Crippen molar-refractivity contribution in [1.29, 1.82) is 0 Å². The first-order valence-corrected chi connectivity index (χ1v) is 8.48. The maximum atomic E-state index is 4.64. The first-order chi connectivity index (χ1) is 10.2. The minimum Gasteiger partial charge on any atom is -0.309 e. The van der Waals surface area contributed by atoms with Crippen LogP contribution in [0, 0.1) is 6.92 Å². The van der Waals surface area contributed by atoms with Crippen molar-refractivity contribution >= 4 is 11.8 Å². The van der Waals surface area contributed by atoms with E-state index in [4.69, 9.17) is 0 Å². The second-order valence-corrected chi connectivity index (χ2v) is 6.40. The summed E-state index contributed by atoms with van der Waals surface area (Å²) in [6.07, 6.45) is 4.20. The van der Waals surface area contributed by atoms with E-state index in [0.29, 0.717) is 6.04 Å². The molecule has 0 aliphatic rings. The standard InChI is InChI=1S/C18H24N2S/c1-4-11-19-17(5-2)18-10-9-16(13-20-18)21-15-8-6-7-14(3)12-15/h6-10,12-13,17,19H,4-5,11H2,1-3H3. The lowest BCUT2D eigenvalue weighted by atomic mass is 10.1. The molecular formula is C18H24N2S. The molecule has 0 aliphatic heterocycles. The lowest BCUT2D eigenvalue weighted by molar-refractivity contribution is 0.507. The van der Waals surface area contributed by atoms with Crippen molar-refractivity contribution in [3.05, 3.63) is 53.9 Å². The Balaban J connectivity index is 2.04. The van der Waals surface area contributed by atoms with Gasteiger partial charge in [0.05, 0.1) is 5.69 Å².